The molecule has 0 aliphatic rings. The zero-order valence-electron chi connectivity index (χ0n) is 12.9. The molecule has 1 N–H and O–H groups in total. The normalized spacial score (nSPS) is 10.2. The zero-order chi connectivity index (χ0) is 15.6. The van der Waals surface area contributed by atoms with Crippen molar-refractivity contribution >= 4 is 0 Å². The van der Waals surface area contributed by atoms with Crippen LogP contribution in [0.5, 0.6) is 5.88 Å². The third kappa shape index (κ3) is 4.87. The molecule has 0 amide bonds. The Kier molecular flexibility index (Phi) is 6.40. The van der Waals surface area contributed by atoms with E-state index in [2.05, 4.69) is 23.3 Å². The van der Waals surface area contributed by atoms with Crippen LogP contribution in [0, 0.1) is 11.3 Å². The molecule has 0 spiro atoms. The second-order valence-electron chi connectivity index (χ2n) is 5.08. The van der Waals surface area contributed by atoms with Crippen LogP contribution in [0.4, 0.5) is 0 Å². The molecule has 0 atom stereocenters. The predicted molar refractivity (Wildman–Crippen MR) is 86.3 cm³/mol. The molecule has 0 saturated carbocycles. The van der Waals surface area contributed by atoms with Gasteiger partial charge in [0.15, 0.2) is 0 Å². The van der Waals surface area contributed by atoms with Crippen molar-refractivity contribution in [1.29, 1.82) is 5.26 Å². The molecule has 2 rings (SSSR count). The summed E-state index contributed by atoms with van der Waals surface area (Å²) in [6, 6.07) is 13.7. The third-order valence-electron chi connectivity index (χ3n) is 3.31. The molecule has 22 heavy (non-hydrogen) atoms. The Morgan fingerprint density at radius 2 is 2.00 bits per heavy atom. The van der Waals surface area contributed by atoms with Crippen LogP contribution >= 0.6 is 0 Å². The van der Waals surface area contributed by atoms with Crippen LogP contribution in [-0.4, -0.2) is 11.6 Å². The van der Waals surface area contributed by atoms with E-state index in [1.807, 2.05) is 36.4 Å². The lowest BCUT2D eigenvalue weighted by Gasteiger charge is -2.10. The number of pyridine rings is 1. The number of unbranched alkanes of at least 4 members (excludes halogenated alkanes) is 1. The lowest BCUT2D eigenvalue weighted by atomic mass is 10.1. The number of aromatic nitrogens is 1. The van der Waals surface area contributed by atoms with E-state index in [0.29, 0.717) is 24.6 Å². The van der Waals surface area contributed by atoms with Crippen molar-refractivity contribution in [3.8, 4) is 11.9 Å². The first-order valence-electron chi connectivity index (χ1n) is 7.60. The van der Waals surface area contributed by atoms with Gasteiger partial charge in [-0.1, -0.05) is 31.5 Å². The van der Waals surface area contributed by atoms with Gasteiger partial charge in [-0.05, 0) is 30.2 Å². The Hall–Kier alpha value is -2.38. The molecular weight excluding hydrogens is 274 g/mol. The van der Waals surface area contributed by atoms with E-state index in [0.717, 1.165) is 30.5 Å². The zero-order valence-corrected chi connectivity index (χ0v) is 12.9. The van der Waals surface area contributed by atoms with Crippen LogP contribution in [0.3, 0.4) is 0 Å². The van der Waals surface area contributed by atoms with E-state index >= 15 is 0 Å². The average Bonchev–Trinajstić information content (AvgIpc) is 2.57. The molecular formula is C18H21N3O. The van der Waals surface area contributed by atoms with Gasteiger partial charge in [-0.2, -0.15) is 5.26 Å². The molecule has 2 aromatic rings. The van der Waals surface area contributed by atoms with Crippen molar-refractivity contribution in [1.82, 2.24) is 10.3 Å². The Morgan fingerprint density at radius 1 is 1.18 bits per heavy atom. The van der Waals surface area contributed by atoms with Crippen molar-refractivity contribution in [2.24, 2.45) is 0 Å². The Morgan fingerprint density at radius 3 is 2.73 bits per heavy atom. The number of nitriles is 1. The maximum absolute atomic E-state index is 8.79. The predicted octanol–water partition coefficient (Wildman–Crippen LogP) is 3.42. The van der Waals surface area contributed by atoms with Crippen LogP contribution < -0.4 is 10.1 Å². The first-order valence-corrected chi connectivity index (χ1v) is 7.60. The second kappa shape index (κ2) is 8.81. The van der Waals surface area contributed by atoms with E-state index in [9.17, 15) is 0 Å². The summed E-state index contributed by atoms with van der Waals surface area (Å²) in [4.78, 5) is 4.30. The lowest BCUT2D eigenvalue weighted by molar-refractivity contribution is 0.293. The molecule has 1 aromatic heterocycles. The summed E-state index contributed by atoms with van der Waals surface area (Å²) in [6.07, 6.45) is 3.90. The van der Waals surface area contributed by atoms with Gasteiger partial charge in [-0.15, -0.1) is 0 Å². The van der Waals surface area contributed by atoms with Crippen molar-refractivity contribution in [2.45, 2.75) is 32.9 Å². The number of nitrogens with zero attached hydrogens (tertiary/aromatic N) is 2. The Bertz CT molecular complexity index is 617. The minimum atomic E-state index is 0.683. The second-order valence-corrected chi connectivity index (χ2v) is 5.08. The Labute approximate surface area is 131 Å². The molecule has 0 fully saturated rings. The fourth-order valence-corrected chi connectivity index (χ4v) is 2.04. The maximum Gasteiger partial charge on any atom is 0.217 e. The molecule has 0 aliphatic heterocycles. The highest BCUT2D eigenvalue weighted by molar-refractivity contribution is 5.31. The van der Waals surface area contributed by atoms with E-state index in [4.69, 9.17) is 10.00 Å². The van der Waals surface area contributed by atoms with Crippen LogP contribution in [-0.2, 0) is 13.1 Å². The van der Waals surface area contributed by atoms with Gasteiger partial charge in [0, 0.05) is 24.8 Å². The highest BCUT2D eigenvalue weighted by Gasteiger charge is 2.04. The van der Waals surface area contributed by atoms with Crippen molar-refractivity contribution in [3.05, 3.63) is 59.3 Å². The third-order valence-corrected chi connectivity index (χ3v) is 3.31. The molecule has 0 saturated heterocycles. The van der Waals surface area contributed by atoms with Gasteiger partial charge in [0.25, 0.3) is 0 Å². The summed E-state index contributed by atoms with van der Waals surface area (Å²) in [5.41, 5.74) is 2.89. The summed E-state index contributed by atoms with van der Waals surface area (Å²) < 4.78 is 5.72. The summed E-state index contributed by atoms with van der Waals surface area (Å²) >= 11 is 0. The smallest absolute Gasteiger partial charge is 0.217 e. The summed E-state index contributed by atoms with van der Waals surface area (Å²) in [7, 11) is 0. The maximum atomic E-state index is 8.79. The van der Waals surface area contributed by atoms with Crippen LogP contribution in [0.15, 0.2) is 42.6 Å². The van der Waals surface area contributed by atoms with Gasteiger partial charge in [-0.25, -0.2) is 4.98 Å². The summed E-state index contributed by atoms with van der Waals surface area (Å²) in [5.74, 6) is 0.711. The molecule has 4 nitrogen and oxygen atoms in total. The molecule has 1 aromatic carbocycles. The fraction of sp³-hybridized carbons (Fsp3) is 0.333. The average molecular weight is 295 g/mol. The van der Waals surface area contributed by atoms with E-state index in [1.165, 1.54) is 0 Å². The van der Waals surface area contributed by atoms with E-state index in [1.54, 1.807) is 6.20 Å². The largest absolute Gasteiger partial charge is 0.477 e. The van der Waals surface area contributed by atoms with Gasteiger partial charge < -0.3 is 10.1 Å². The number of nitrogens with one attached hydrogen (secondary N) is 1. The lowest BCUT2D eigenvalue weighted by Crippen LogP contribution is -2.14. The highest BCUT2D eigenvalue weighted by atomic mass is 16.5. The van der Waals surface area contributed by atoms with Crippen molar-refractivity contribution in [3.63, 3.8) is 0 Å². The quantitative estimate of drug-likeness (QED) is 0.758. The SMILES string of the molecule is CCCCOc1ncccc1CNCc1ccc(C#N)cc1. The number of hydrogen-bond acceptors (Lipinski definition) is 4. The van der Waals surface area contributed by atoms with Crippen LogP contribution in [0.2, 0.25) is 0 Å². The van der Waals surface area contributed by atoms with E-state index < -0.39 is 0 Å². The summed E-state index contributed by atoms with van der Waals surface area (Å²) in [6.45, 7) is 4.29. The van der Waals surface area contributed by atoms with Gasteiger partial charge >= 0.3 is 0 Å². The van der Waals surface area contributed by atoms with Crippen molar-refractivity contribution < 1.29 is 4.74 Å². The van der Waals surface area contributed by atoms with Gasteiger partial charge in [-0.3, -0.25) is 0 Å². The van der Waals surface area contributed by atoms with Gasteiger partial charge in [0.1, 0.15) is 0 Å². The minimum absolute atomic E-state index is 0.683. The number of benzene rings is 1. The molecule has 0 aliphatic carbocycles. The standard InChI is InChI=1S/C18H21N3O/c1-2-3-11-22-18-17(5-4-10-21-18)14-20-13-16-8-6-15(12-19)7-9-16/h4-10,20H,2-3,11,13-14H2,1H3. The van der Waals surface area contributed by atoms with Crippen molar-refractivity contribution in [2.75, 3.05) is 6.61 Å². The van der Waals surface area contributed by atoms with Crippen LogP contribution in [0.1, 0.15) is 36.5 Å². The minimum Gasteiger partial charge on any atom is -0.477 e. The Balaban J connectivity index is 1.86. The fourth-order valence-electron chi connectivity index (χ4n) is 2.04. The number of rotatable bonds is 8. The van der Waals surface area contributed by atoms with E-state index in [-0.39, 0.29) is 0 Å². The molecule has 114 valence electrons. The first-order chi connectivity index (χ1) is 10.8. The first kappa shape index (κ1) is 16.0. The number of hydrogen-bond donors (Lipinski definition) is 1. The molecule has 1 heterocycles. The topological polar surface area (TPSA) is 57.9 Å². The summed E-state index contributed by atoms with van der Waals surface area (Å²) in [5, 5.41) is 12.2. The monoisotopic (exact) mass is 295 g/mol. The van der Waals surface area contributed by atoms with Gasteiger partial charge in [0.05, 0.1) is 18.2 Å². The molecule has 4 heteroatoms. The molecule has 0 bridgehead atoms. The molecule has 0 unspecified atom stereocenters. The number of ether oxygens (including phenoxy) is 1. The highest BCUT2D eigenvalue weighted by Crippen LogP contribution is 2.14. The van der Waals surface area contributed by atoms with Crippen LogP contribution in [0.25, 0.3) is 0 Å². The van der Waals surface area contributed by atoms with Gasteiger partial charge in [0.2, 0.25) is 5.88 Å². The molecule has 0 radical (unpaired) electrons.